The Balaban J connectivity index is 1.82. The van der Waals surface area contributed by atoms with Gasteiger partial charge in [0.15, 0.2) is 15.7 Å². The molecule has 0 saturated carbocycles. The number of fused-ring (bicyclic) bond motifs is 1. The number of nitriles is 1. The van der Waals surface area contributed by atoms with E-state index in [1.165, 1.54) is 23.2 Å². The van der Waals surface area contributed by atoms with Crippen LogP contribution in [0.2, 0.25) is 0 Å². The Labute approximate surface area is 195 Å². The number of amides is 1. The Hall–Kier alpha value is -3.85. The molecule has 12 heteroatoms. The molecule has 0 radical (unpaired) electrons. The van der Waals surface area contributed by atoms with Gasteiger partial charge in [-0.15, -0.1) is 0 Å². The van der Waals surface area contributed by atoms with E-state index in [9.17, 15) is 28.4 Å². The Morgan fingerprint density at radius 2 is 2.06 bits per heavy atom. The van der Waals surface area contributed by atoms with Crippen molar-refractivity contribution in [2.24, 2.45) is 5.92 Å². The Kier molecular flexibility index (Phi) is 5.82. The zero-order valence-corrected chi connectivity index (χ0v) is 19.5. The Morgan fingerprint density at radius 1 is 1.35 bits per heavy atom. The predicted octanol–water partition coefficient (Wildman–Crippen LogP) is 2.50. The van der Waals surface area contributed by atoms with Crippen LogP contribution < -0.4 is 10.9 Å². The molecule has 11 nitrogen and oxygen atoms in total. The van der Waals surface area contributed by atoms with Gasteiger partial charge < -0.3 is 20.3 Å². The summed E-state index contributed by atoms with van der Waals surface area (Å²) in [4.78, 5) is 28.4. The number of H-pyrrole nitrogens is 1. The Morgan fingerprint density at radius 3 is 2.65 bits per heavy atom. The van der Waals surface area contributed by atoms with Crippen LogP contribution in [0.15, 0.2) is 46.2 Å². The third kappa shape index (κ3) is 3.99. The highest BCUT2D eigenvalue weighted by Gasteiger charge is 2.45. The molecule has 3 aromatic rings. The van der Waals surface area contributed by atoms with Crippen molar-refractivity contribution in [1.29, 1.82) is 5.26 Å². The van der Waals surface area contributed by atoms with Gasteiger partial charge in [-0.2, -0.15) is 10.4 Å². The van der Waals surface area contributed by atoms with E-state index in [0.717, 1.165) is 6.26 Å². The molecule has 0 bridgehead atoms. The molecule has 4 rings (SSSR count). The molecule has 0 spiro atoms. The fourth-order valence-electron chi connectivity index (χ4n) is 4.56. The normalized spacial score (nSPS) is 20.7. The largest absolute Gasteiger partial charge is 0.465 e. The van der Waals surface area contributed by atoms with Crippen LogP contribution >= 0.6 is 0 Å². The maximum Gasteiger partial charge on any atom is 0.407 e. The molecule has 0 unspecified atom stereocenters. The van der Waals surface area contributed by atoms with Crippen molar-refractivity contribution in [3.8, 4) is 6.07 Å². The van der Waals surface area contributed by atoms with Crippen LogP contribution in [0.4, 0.5) is 16.3 Å². The number of carbonyl (C=O) groups is 1. The Bertz CT molecular complexity index is 1450. The standard InChI is InChI=1S/C22H24N6O5S/c1-14-13-27(21(30)31)12-9-22(14,8-10-23)28-17-7-11-24-20(29)18(17)19(26-28)25-15-3-5-16(6-4-15)34(2,32)33/h3-7,11,14H,8-9,12-13H2,1-2H3,(H,24,29)(H,25,26)(H,30,31)/t14-,22+/m1/s1. The summed E-state index contributed by atoms with van der Waals surface area (Å²) in [6, 6.07) is 10.0. The zero-order valence-electron chi connectivity index (χ0n) is 18.6. The molecular weight excluding hydrogens is 460 g/mol. The van der Waals surface area contributed by atoms with E-state index in [4.69, 9.17) is 5.10 Å². The average molecular weight is 485 g/mol. The molecule has 1 saturated heterocycles. The van der Waals surface area contributed by atoms with Gasteiger partial charge >= 0.3 is 6.09 Å². The van der Waals surface area contributed by atoms with Crippen LogP contribution in [0.3, 0.4) is 0 Å². The first-order chi connectivity index (χ1) is 16.1. The molecule has 1 aliphatic rings. The lowest BCUT2D eigenvalue weighted by Gasteiger charge is -2.45. The first kappa shape index (κ1) is 23.3. The van der Waals surface area contributed by atoms with Crippen molar-refractivity contribution in [3.63, 3.8) is 0 Å². The first-order valence-corrected chi connectivity index (χ1v) is 12.5. The minimum absolute atomic E-state index is 0.0910. The number of hydrogen-bond acceptors (Lipinski definition) is 7. The summed E-state index contributed by atoms with van der Waals surface area (Å²) in [5, 5.41) is 27.1. The molecule has 2 aromatic heterocycles. The van der Waals surface area contributed by atoms with Crippen molar-refractivity contribution < 1.29 is 18.3 Å². The van der Waals surface area contributed by atoms with E-state index in [1.54, 1.807) is 22.9 Å². The molecule has 34 heavy (non-hydrogen) atoms. The van der Waals surface area contributed by atoms with Crippen molar-refractivity contribution in [2.45, 2.75) is 30.2 Å². The SMILES string of the molecule is C[C@@H]1CN(C(=O)O)CC[C@]1(CC#N)n1nc(Nc2ccc(S(C)(=O)=O)cc2)c2c(=O)[nH]ccc21. The number of piperidine rings is 1. The topological polar surface area (TPSA) is 161 Å². The summed E-state index contributed by atoms with van der Waals surface area (Å²) in [5.74, 6) is 0.00965. The fourth-order valence-corrected chi connectivity index (χ4v) is 5.19. The average Bonchev–Trinajstić information content (AvgIpc) is 3.15. The van der Waals surface area contributed by atoms with Gasteiger partial charge in [-0.1, -0.05) is 6.92 Å². The van der Waals surface area contributed by atoms with Gasteiger partial charge in [0.2, 0.25) is 0 Å². The molecule has 2 atom stereocenters. The van der Waals surface area contributed by atoms with Crippen LogP contribution in [0.1, 0.15) is 19.8 Å². The predicted molar refractivity (Wildman–Crippen MR) is 125 cm³/mol. The zero-order chi connectivity index (χ0) is 24.7. The first-order valence-electron chi connectivity index (χ1n) is 10.6. The third-order valence-electron chi connectivity index (χ3n) is 6.45. The molecule has 1 aliphatic heterocycles. The van der Waals surface area contributed by atoms with E-state index in [-0.39, 0.29) is 41.7 Å². The number of sulfone groups is 1. The molecule has 1 fully saturated rings. The smallest absolute Gasteiger partial charge is 0.407 e. The molecule has 1 aromatic carbocycles. The second-order valence-corrected chi connectivity index (χ2v) is 10.6. The quantitative estimate of drug-likeness (QED) is 0.498. The number of rotatable bonds is 5. The highest BCUT2D eigenvalue weighted by Crippen LogP contribution is 2.41. The highest BCUT2D eigenvalue weighted by atomic mass is 32.2. The van der Waals surface area contributed by atoms with Gasteiger partial charge in [0.05, 0.1) is 28.4 Å². The number of hydrogen-bond donors (Lipinski definition) is 3. The summed E-state index contributed by atoms with van der Waals surface area (Å²) in [6.45, 7) is 2.35. The fraction of sp³-hybridized carbons (Fsp3) is 0.364. The molecule has 3 N–H and O–H groups in total. The van der Waals surface area contributed by atoms with Crippen LogP contribution in [0.25, 0.3) is 10.9 Å². The number of carboxylic acid groups (broad SMARTS) is 1. The number of nitrogens with zero attached hydrogens (tertiary/aromatic N) is 4. The van der Waals surface area contributed by atoms with Gasteiger partial charge in [0, 0.05) is 37.1 Å². The van der Waals surface area contributed by atoms with Crippen LogP contribution in [-0.2, 0) is 15.4 Å². The number of likely N-dealkylation sites (tertiary alicyclic amines) is 1. The lowest BCUT2D eigenvalue weighted by molar-refractivity contribution is 0.0480. The highest BCUT2D eigenvalue weighted by molar-refractivity contribution is 7.90. The van der Waals surface area contributed by atoms with Crippen molar-refractivity contribution in [3.05, 3.63) is 46.9 Å². The van der Waals surface area contributed by atoms with Gasteiger partial charge in [-0.3, -0.25) is 9.48 Å². The lowest BCUT2D eigenvalue weighted by Crippen LogP contribution is -2.53. The number of anilines is 2. The summed E-state index contributed by atoms with van der Waals surface area (Å²) in [7, 11) is -3.35. The summed E-state index contributed by atoms with van der Waals surface area (Å²) in [6.07, 6.45) is 2.06. The van der Waals surface area contributed by atoms with Crippen LogP contribution in [0, 0.1) is 17.2 Å². The van der Waals surface area contributed by atoms with Gasteiger partial charge in [0.1, 0.15) is 5.39 Å². The number of aromatic amines is 1. The van der Waals surface area contributed by atoms with Crippen molar-refractivity contribution in [1.82, 2.24) is 19.7 Å². The monoisotopic (exact) mass is 484 g/mol. The van der Waals surface area contributed by atoms with E-state index < -0.39 is 21.5 Å². The summed E-state index contributed by atoms with van der Waals surface area (Å²) >= 11 is 0. The minimum Gasteiger partial charge on any atom is -0.465 e. The summed E-state index contributed by atoms with van der Waals surface area (Å²) in [5.41, 5.74) is -0.135. The van der Waals surface area contributed by atoms with Gasteiger partial charge in [-0.25, -0.2) is 13.2 Å². The number of nitrogens with one attached hydrogen (secondary N) is 2. The van der Waals surface area contributed by atoms with E-state index in [1.807, 2.05) is 6.92 Å². The van der Waals surface area contributed by atoms with Crippen LogP contribution in [0.5, 0.6) is 0 Å². The summed E-state index contributed by atoms with van der Waals surface area (Å²) < 4.78 is 25.2. The lowest BCUT2D eigenvalue weighted by atomic mass is 9.76. The van der Waals surface area contributed by atoms with Crippen molar-refractivity contribution >= 4 is 38.3 Å². The molecule has 1 amide bonds. The minimum atomic E-state index is -3.35. The molecule has 178 valence electrons. The van der Waals surface area contributed by atoms with E-state index in [0.29, 0.717) is 23.0 Å². The third-order valence-corrected chi connectivity index (χ3v) is 7.58. The van der Waals surface area contributed by atoms with Crippen LogP contribution in [-0.4, -0.2) is 58.6 Å². The molecule has 0 aliphatic carbocycles. The number of pyridine rings is 1. The van der Waals surface area contributed by atoms with Crippen molar-refractivity contribution in [2.75, 3.05) is 24.7 Å². The second kappa shape index (κ2) is 8.49. The number of aromatic nitrogens is 3. The van der Waals surface area contributed by atoms with Gasteiger partial charge in [0.25, 0.3) is 5.56 Å². The second-order valence-electron chi connectivity index (χ2n) is 8.57. The van der Waals surface area contributed by atoms with E-state index in [2.05, 4.69) is 16.4 Å². The number of benzene rings is 1. The molecular formula is C22H24N6O5S. The maximum absolute atomic E-state index is 12.8. The van der Waals surface area contributed by atoms with E-state index >= 15 is 0 Å². The van der Waals surface area contributed by atoms with Gasteiger partial charge in [-0.05, 0) is 36.8 Å². The maximum atomic E-state index is 12.8. The molecule has 3 heterocycles.